The van der Waals surface area contributed by atoms with E-state index in [1.165, 1.54) is 7.05 Å². The Morgan fingerprint density at radius 1 is 1.35 bits per heavy atom. The summed E-state index contributed by atoms with van der Waals surface area (Å²) in [6.07, 6.45) is -0.474. The van der Waals surface area contributed by atoms with Crippen molar-refractivity contribution in [1.29, 1.82) is 0 Å². The molecule has 0 unspecified atom stereocenters. The van der Waals surface area contributed by atoms with Crippen molar-refractivity contribution in [2.75, 3.05) is 19.3 Å². The number of hydrogen-bond acceptors (Lipinski definition) is 4. The van der Waals surface area contributed by atoms with E-state index in [2.05, 4.69) is 5.32 Å². The minimum atomic E-state index is -3.69. The van der Waals surface area contributed by atoms with Gasteiger partial charge < -0.3 is 10.4 Å². The molecule has 8 heteroatoms. The van der Waals surface area contributed by atoms with E-state index in [4.69, 9.17) is 5.11 Å². The number of likely N-dealkylation sites (N-methyl/N-ethyl adjacent to an activating group) is 1. The van der Waals surface area contributed by atoms with E-state index < -0.39 is 34.1 Å². The first-order chi connectivity index (χ1) is 7.65. The van der Waals surface area contributed by atoms with Crippen molar-refractivity contribution in [3.05, 3.63) is 0 Å². The lowest BCUT2D eigenvalue weighted by Gasteiger charge is -2.17. The molecule has 0 rings (SSSR count). The van der Waals surface area contributed by atoms with Gasteiger partial charge in [-0.05, 0) is 13.8 Å². The second kappa shape index (κ2) is 6.55. The maximum absolute atomic E-state index is 11.5. The Balaban J connectivity index is 4.34. The fourth-order valence-corrected chi connectivity index (χ4v) is 2.10. The lowest BCUT2D eigenvalue weighted by molar-refractivity contribution is -0.136. The summed E-state index contributed by atoms with van der Waals surface area (Å²) in [6, 6.07) is -0.0716. The molecule has 0 spiro atoms. The van der Waals surface area contributed by atoms with Crippen LogP contribution in [0.25, 0.3) is 0 Å². The number of carbonyl (C=O) groups is 2. The topological polar surface area (TPSA) is 104 Å². The average molecular weight is 266 g/mol. The maximum atomic E-state index is 11.5. The van der Waals surface area contributed by atoms with Gasteiger partial charge in [-0.15, -0.1) is 0 Å². The van der Waals surface area contributed by atoms with Crippen LogP contribution in [0.4, 0.5) is 0 Å². The van der Waals surface area contributed by atoms with Crippen LogP contribution in [0.1, 0.15) is 20.3 Å². The number of sulfonamides is 1. The molecule has 0 atom stereocenters. The van der Waals surface area contributed by atoms with Crippen LogP contribution in [0.2, 0.25) is 0 Å². The standard InChI is InChI=1S/C9H18N2O5S/c1-7(2)10-8(12)6-11(3)17(15,16)5-4-9(13)14/h7H,4-6H2,1-3H3,(H,10,12)(H,13,14). The minimum absolute atomic E-state index is 0.0716. The molecule has 2 N–H and O–H groups in total. The Bertz CT molecular complexity index is 377. The van der Waals surface area contributed by atoms with Gasteiger partial charge in [0.1, 0.15) is 0 Å². The zero-order chi connectivity index (χ0) is 13.6. The highest BCUT2D eigenvalue weighted by atomic mass is 32.2. The van der Waals surface area contributed by atoms with Crippen molar-refractivity contribution in [3.63, 3.8) is 0 Å². The second-order valence-corrected chi connectivity index (χ2v) is 6.13. The number of amides is 1. The highest BCUT2D eigenvalue weighted by Crippen LogP contribution is 2.00. The van der Waals surface area contributed by atoms with Crippen LogP contribution in [-0.2, 0) is 19.6 Å². The van der Waals surface area contributed by atoms with Crippen LogP contribution in [0.15, 0.2) is 0 Å². The van der Waals surface area contributed by atoms with Crippen LogP contribution in [0.5, 0.6) is 0 Å². The Morgan fingerprint density at radius 3 is 2.29 bits per heavy atom. The highest BCUT2D eigenvalue weighted by Gasteiger charge is 2.21. The first-order valence-electron chi connectivity index (χ1n) is 5.10. The number of nitrogens with zero attached hydrogens (tertiary/aromatic N) is 1. The third-order valence-corrected chi connectivity index (χ3v) is 3.66. The van der Waals surface area contributed by atoms with Crippen molar-refractivity contribution in [3.8, 4) is 0 Å². The predicted molar refractivity (Wildman–Crippen MR) is 61.9 cm³/mol. The number of carboxylic acids is 1. The number of carbonyl (C=O) groups excluding carboxylic acids is 1. The summed E-state index contributed by atoms with van der Waals surface area (Å²) in [5, 5.41) is 10.9. The van der Waals surface area contributed by atoms with Gasteiger partial charge in [0.05, 0.1) is 18.7 Å². The monoisotopic (exact) mass is 266 g/mol. The molecule has 0 aromatic carbocycles. The summed E-state index contributed by atoms with van der Waals surface area (Å²) in [5.41, 5.74) is 0. The first-order valence-corrected chi connectivity index (χ1v) is 6.71. The zero-order valence-corrected chi connectivity index (χ0v) is 11.0. The summed E-state index contributed by atoms with van der Waals surface area (Å²) in [7, 11) is -2.45. The number of nitrogens with one attached hydrogen (secondary N) is 1. The second-order valence-electron chi connectivity index (χ2n) is 3.94. The third-order valence-electron chi connectivity index (χ3n) is 1.86. The van der Waals surface area contributed by atoms with Crippen molar-refractivity contribution < 1.29 is 23.1 Å². The van der Waals surface area contributed by atoms with Crippen LogP contribution >= 0.6 is 0 Å². The van der Waals surface area contributed by atoms with Gasteiger partial charge in [0, 0.05) is 13.1 Å². The summed E-state index contributed by atoms with van der Waals surface area (Å²) in [5.74, 6) is -2.11. The predicted octanol–water partition coefficient (Wildman–Crippen LogP) is -0.753. The highest BCUT2D eigenvalue weighted by molar-refractivity contribution is 7.89. The van der Waals surface area contributed by atoms with Gasteiger partial charge >= 0.3 is 5.97 Å². The molecule has 1 amide bonds. The van der Waals surface area contributed by atoms with Crippen LogP contribution in [0.3, 0.4) is 0 Å². The first kappa shape index (κ1) is 15.9. The van der Waals surface area contributed by atoms with Gasteiger partial charge in [0.25, 0.3) is 0 Å². The summed E-state index contributed by atoms with van der Waals surface area (Å²) >= 11 is 0. The number of hydrogen-bond donors (Lipinski definition) is 2. The van der Waals surface area contributed by atoms with E-state index >= 15 is 0 Å². The van der Waals surface area contributed by atoms with E-state index in [1.807, 2.05) is 0 Å². The van der Waals surface area contributed by atoms with E-state index in [0.717, 1.165) is 4.31 Å². The normalized spacial score (nSPS) is 11.8. The molecule has 0 aliphatic carbocycles. The zero-order valence-electron chi connectivity index (χ0n) is 10.1. The van der Waals surface area contributed by atoms with Gasteiger partial charge in [-0.1, -0.05) is 0 Å². The van der Waals surface area contributed by atoms with Crippen LogP contribution in [0, 0.1) is 0 Å². The molecular formula is C9H18N2O5S. The Kier molecular flexibility index (Phi) is 6.11. The molecule has 0 aliphatic heterocycles. The molecule has 100 valence electrons. The smallest absolute Gasteiger partial charge is 0.304 e. The molecule has 0 fully saturated rings. The van der Waals surface area contributed by atoms with Gasteiger partial charge in [0.2, 0.25) is 15.9 Å². The molecule has 0 saturated heterocycles. The van der Waals surface area contributed by atoms with Crippen molar-refractivity contribution in [2.24, 2.45) is 0 Å². The lowest BCUT2D eigenvalue weighted by Crippen LogP contribution is -2.41. The fourth-order valence-electron chi connectivity index (χ4n) is 1.04. The summed E-state index contributed by atoms with van der Waals surface area (Å²) < 4.78 is 23.9. The quantitative estimate of drug-likeness (QED) is 0.631. The molecule has 17 heavy (non-hydrogen) atoms. The van der Waals surface area contributed by atoms with Crippen LogP contribution in [-0.4, -0.2) is 55.1 Å². The molecule has 0 aromatic rings. The van der Waals surface area contributed by atoms with E-state index in [0.29, 0.717) is 0 Å². The van der Waals surface area contributed by atoms with Crippen LogP contribution < -0.4 is 5.32 Å². The molecule has 0 aromatic heterocycles. The third kappa shape index (κ3) is 6.90. The summed E-state index contributed by atoms with van der Waals surface area (Å²) in [6.45, 7) is 3.22. The van der Waals surface area contributed by atoms with Gasteiger partial charge in [0.15, 0.2) is 0 Å². The number of aliphatic carboxylic acids is 1. The van der Waals surface area contributed by atoms with E-state index in [9.17, 15) is 18.0 Å². The number of carboxylic acid groups (broad SMARTS) is 1. The average Bonchev–Trinajstić information content (AvgIpc) is 2.13. The fraction of sp³-hybridized carbons (Fsp3) is 0.778. The molecule has 0 bridgehead atoms. The molecule has 0 heterocycles. The Hall–Kier alpha value is -1.15. The SMILES string of the molecule is CC(C)NC(=O)CN(C)S(=O)(=O)CCC(=O)O. The van der Waals surface area contributed by atoms with E-state index in [1.54, 1.807) is 13.8 Å². The lowest BCUT2D eigenvalue weighted by atomic mass is 10.4. The van der Waals surface area contributed by atoms with Crippen molar-refractivity contribution in [1.82, 2.24) is 9.62 Å². The van der Waals surface area contributed by atoms with Gasteiger partial charge in [-0.2, -0.15) is 4.31 Å². The van der Waals surface area contributed by atoms with Crippen molar-refractivity contribution >= 4 is 21.9 Å². The molecule has 0 radical (unpaired) electrons. The molecule has 7 nitrogen and oxygen atoms in total. The Morgan fingerprint density at radius 2 is 1.88 bits per heavy atom. The minimum Gasteiger partial charge on any atom is -0.481 e. The molecule has 0 aliphatic rings. The maximum Gasteiger partial charge on any atom is 0.304 e. The largest absolute Gasteiger partial charge is 0.481 e. The summed E-state index contributed by atoms with van der Waals surface area (Å²) in [4.78, 5) is 21.6. The van der Waals surface area contributed by atoms with Gasteiger partial charge in [-0.3, -0.25) is 9.59 Å². The van der Waals surface area contributed by atoms with Crippen molar-refractivity contribution in [2.45, 2.75) is 26.3 Å². The van der Waals surface area contributed by atoms with Gasteiger partial charge in [-0.25, -0.2) is 8.42 Å². The molecular weight excluding hydrogens is 248 g/mol. The van der Waals surface area contributed by atoms with E-state index in [-0.39, 0.29) is 12.6 Å². The molecule has 0 saturated carbocycles. The Labute approximate surface area is 101 Å². The number of rotatable bonds is 7.